The van der Waals surface area contributed by atoms with Crippen LogP contribution in [0.1, 0.15) is 39.0 Å². The van der Waals surface area contributed by atoms with Crippen molar-refractivity contribution >= 4 is 23.6 Å². The summed E-state index contributed by atoms with van der Waals surface area (Å²) in [6.07, 6.45) is 4.00. The van der Waals surface area contributed by atoms with E-state index in [4.69, 9.17) is 0 Å². The van der Waals surface area contributed by atoms with Crippen molar-refractivity contribution < 1.29 is 14.0 Å². The van der Waals surface area contributed by atoms with E-state index in [1.54, 1.807) is 28.8 Å². The maximum Gasteiger partial charge on any atom is 0.242 e. The van der Waals surface area contributed by atoms with Crippen LogP contribution in [0.3, 0.4) is 0 Å². The van der Waals surface area contributed by atoms with Gasteiger partial charge in [-0.2, -0.15) is 0 Å². The Morgan fingerprint density at radius 1 is 1.29 bits per heavy atom. The summed E-state index contributed by atoms with van der Waals surface area (Å²) in [7, 11) is 0. The number of nitrogens with zero attached hydrogens (tertiary/aromatic N) is 1. The molecule has 0 aromatic heterocycles. The summed E-state index contributed by atoms with van der Waals surface area (Å²) in [6, 6.07) is 6.11. The van der Waals surface area contributed by atoms with Crippen LogP contribution >= 0.6 is 11.8 Å². The number of carbonyl (C=O) groups is 2. The first-order chi connectivity index (χ1) is 11.6. The first-order valence-corrected chi connectivity index (χ1v) is 9.56. The predicted molar refractivity (Wildman–Crippen MR) is 94.4 cm³/mol. The van der Waals surface area contributed by atoms with Gasteiger partial charge in [-0.25, -0.2) is 4.39 Å². The molecule has 1 saturated heterocycles. The van der Waals surface area contributed by atoms with Gasteiger partial charge >= 0.3 is 0 Å². The first kappa shape index (κ1) is 18.8. The fraction of sp³-hybridized carbons (Fsp3) is 0.556. The number of likely N-dealkylation sites (tertiary alicyclic amines) is 1. The monoisotopic (exact) mass is 352 g/mol. The molecule has 1 N–H and O–H groups in total. The molecule has 0 bridgehead atoms. The third-order valence-corrected chi connectivity index (χ3v) is 5.23. The highest BCUT2D eigenvalue weighted by Gasteiger charge is 2.30. The Labute approximate surface area is 147 Å². The molecular weight excluding hydrogens is 327 g/mol. The molecule has 1 heterocycles. The van der Waals surface area contributed by atoms with Crippen molar-refractivity contribution in [3.63, 3.8) is 0 Å². The highest BCUT2D eigenvalue weighted by Crippen LogP contribution is 2.19. The number of thioether (sulfide) groups is 1. The van der Waals surface area contributed by atoms with Gasteiger partial charge in [-0.1, -0.05) is 6.92 Å². The SMILES string of the molecule is CCC(=O)N1CCCCC1C(=O)NCCCSc1ccc(F)cc1. The van der Waals surface area contributed by atoms with Crippen LogP contribution in [0.2, 0.25) is 0 Å². The van der Waals surface area contributed by atoms with Crippen molar-refractivity contribution in [2.24, 2.45) is 0 Å². The molecule has 0 spiro atoms. The molecule has 6 heteroatoms. The van der Waals surface area contributed by atoms with Crippen molar-refractivity contribution in [3.05, 3.63) is 30.1 Å². The van der Waals surface area contributed by atoms with E-state index in [2.05, 4.69) is 5.32 Å². The van der Waals surface area contributed by atoms with Gasteiger partial charge in [0.05, 0.1) is 0 Å². The van der Waals surface area contributed by atoms with Crippen LogP contribution in [0.15, 0.2) is 29.2 Å². The lowest BCUT2D eigenvalue weighted by molar-refractivity contribution is -0.142. The number of piperidine rings is 1. The summed E-state index contributed by atoms with van der Waals surface area (Å²) in [6.45, 7) is 3.11. The Bertz CT molecular complexity index is 550. The van der Waals surface area contributed by atoms with Gasteiger partial charge in [0.15, 0.2) is 0 Å². The summed E-state index contributed by atoms with van der Waals surface area (Å²) in [5, 5.41) is 2.95. The molecule has 0 saturated carbocycles. The van der Waals surface area contributed by atoms with Crippen LogP contribution in [0.4, 0.5) is 4.39 Å². The zero-order valence-electron chi connectivity index (χ0n) is 14.1. The first-order valence-electron chi connectivity index (χ1n) is 8.57. The number of hydrogen-bond donors (Lipinski definition) is 1. The van der Waals surface area contributed by atoms with Gasteiger partial charge in [0, 0.05) is 24.4 Å². The Morgan fingerprint density at radius 2 is 2.04 bits per heavy atom. The maximum atomic E-state index is 12.8. The third kappa shape index (κ3) is 5.51. The molecule has 1 unspecified atom stereocenters. The smallest absolute Gasteiger partial charge is 0.242 e. The molecule has 24 heavy (non-hydrogen) atoms. The number of halogens is 1. The maximum absolute atomic E-state index is 12.8. The highest BCUT2D eigenvalue weighted by atomic mass is 32.2. The molecule has 0 aliphatic carbocycles. The molecule has 1 aromatic rings. The Hall–Kier alpha value is -1.56. The standard InChI is InChI=1S/C18H25FN2O2S/c1-2-17(22)21-12-4-3-6-16(21)18(23)20-11-5-13-24-15-9-7-14(19)8-10-15/h7-10,16H,2-6,11-13H2,1H3,(H,20,23). The molecule has 0 radical (unpaired) electrons. The fourth-order valence-corrected chi connectivity index (χ4v) is 3.68. The van der Waals surface area contributed by atoms with Gasteiger partial charge in [-0.3, -0.25) is 9.59 Å². The lowest BCUT2D eigenvalue weighted by atomic mass is 10.0. The van der Waals surface area contributed by atoms with Crippen molar-refractivity contribution in [1.29, 1.82) is 0 Å². The van der Waals surface area contributed by atoms with Gasteiger partial charge in [-0.05, 0) is 55.7 Å². The van der Waals surface area contributed by atoms with E-state index in [1.165, 1.54) is 12.1 Å². The second-order valence-electron chi connectivity index (χ2n) is 5.90. The van der Waals surface area contributed by atoms with E-state index in [0.717, 1.165) is 36.3 Å². The van der Waals surface area contributed by atoms with E-state index in [-0.39, 0.29) is 23.7 Å². The van der Waals surface area contributed by atoms with Crippen LogP contribution in [0, 0.1) is 5.82 Å². The van der Waals surface area contributed by atoms with Crippen LogP contribution in [0.5, 0.6) is 0 Å². The van der Waals surface area contributed by atoms with Gasteiger partial charge in [0.1, 0.15) is 11.9 Å². The largest absolute Gasteiger partial charge is 0.354 e. The molecule has 1 fully saturated rings. The average molecular weight is 352 g/mol. The number of carbonyl (C=O) groups excluding carboxylic acids is 2. The quantitative estimate of drug-likeness (QED) is 0.605. The van der Waals surface area contributed by atoms with Crippen LogP contribution in [-0.4, -0.2) is 41.6 Å². The topological polar surface area (TPSA) is 49.4 Å². The summed E-state index contributed by atoms with van der Waals surface area (Å²) in [5.41, 5.74) is 0. The summed E-state index contributed by atoms with van der Waals surface area (Å²) < 4.78 is 12.8. The molecular formula is C18H25FN2O2S. The molecule has 4 nitrogen and oxygen atoms in total. The Morgan fingerprint density at radius 3 is 2.75 bits per heavy atom. The molecule has 1 aliphatic rings. The van der Waals surface area contributed by atoms with Gasteiger partial charge in [0.2, 0.25) is 11.8 Å². The number of hydrogen-bond acceptors (Lipinski definition) is 3. The number of amides is 2. The Balaban J connectivity index is 1.70. The predicted octanol–water partition coefficient (Wildman–Crippen LogP) is 3.22. The summed E-state index contributed by atoms with van der Waals surface area (Å²) in [4.78, 5) is 27.1. The molecule has 1 aromatic carbocycles. The minimum Gasteiger partial charge on any atom is -0.354 e. The van der Waals surface area contributed by atoms with E-state index in [1.807, 2.05) is 6.92 Å². The van der Waals surface area contributed by atoms with E-state index >= 15 is 0 Å². The molecule has 2 rings (SSSR count). The molecule has 1 atom stereocenters. The highest BCUT2D eigenvalue weighted by molar-refractivity contribution is 7.99. The number of benzene rings is 1. The molecule has 1 aliphatic heterocycles. The normalized spacial score (nSPS) is 17.6. The fourth-order valence-electron chi connectivity index (χ4n) is 2.83. The van der Waals surface area contributed by atoms with Gasteiger partial charge < -0.3 is 10.2 Å². The van der Waals surface area contributed by atoms with Crippen molar-refractivity contribution in [2.75, 3.05) is 18.8 Å². The van der Waals surface area contributed by atoms with Crippen molar-refractivity contribution in [2.45, 2.75) is 50.0 Å². The second-order valence-corrected chi connectivity index (χ2v) is 7.07. The van der Waals surface area contributed by atoms with Gasteiger partial charge in [-0.15, -0.1) is 11.8 Å². The van der Waals surface area contributed by atoms with Crippen LogP contribution in [0.25, 0.3) is 0 Å². The van der Waals surface area contributed by atoms with Crippen molar-refractivity contribution in [3.8, 4) is 0 Å². The zero-order valence-corrected chi connectivity index (χ0v) is 14.9. The van der Waals surface area contributed by atoms with E-state index in [9.17, 15) is 14.0 Å². The van der Waals surface area contributed by atoms with Crippen LogP contribution in [-0.2, 0) is 9.59 Å². The minimum absolute atomic E-state index is 0.0386. The molecule has 2 amide bonds. The number of nitrogens with one attached hydrogen (secondary N) is 1. The van der Waals surface area contributed by atoms with Crippen molar-refractivity contribution in [1.82, 2.24) is 10.2 Å². The zero-order chi connectivity index (χ0) is 17.4. The average Bonchev–Trinajstić information content (AvgIpc) is 2.62. The minimum atomic E-state index is -0.309. The summed E-state index contributed by atoms with van der Waals surface area (Å²) in [5.74, 6) is 0.643. The van der Waals surface area contributed by atoms with E-state index < -0.39 is 0 Å². The van der Waals surface area contributed by atoms with Gasteiger partial charge in [0.25, 0.3) is 0 Å². The lowest BCUT2D eigenvalue weighted by Gasteiger charge is -2.34. The lowest BCUT2D eigenvalue weighted by Crippen LogP contribution is -2.51. The number of rotatable bonds is 7. The Kier molecular flexibility index (Phi) is 7.56. The molecule has 132 valence electrons. The second kappa shape index (κ2) is 9.67. The summed E-state index contributed by atoms with van der Waals surface area (Å²) >= 11 is 1.64. The van der Waals surface area contributed by atoms with E-state index in [0.29, 0.717) is 19.5 Å². The van der Waals surface area contributed by atoms with Crippen LogP contribution < -0.4 is 5.32 Å². The third-order valence-electron chi connectivity index (χ3n) is 4.13.